The molecular formula is C23H45N3O4. The molecule has 7 heteroatoms. The van der Waals surface area contributed by atoms with Gasteiger partial charge in [-0.2, -0.15) is 0 Å². The topological polar surface area (TPSA) is 111 Å². The van der Waals surface area contributed by atoms with Gasteiger partial charge in [0.05, 0.1) is 13.7 Å². The van der Waals surface area contributed by atoms with Crippen LogP contribution in [0.4, 0.5) is 0 Å². The Balaban J connectivity index is -0.000000327. The van der Waals surface area contributed by atoms with Gasteiger partial charge < -0.3 is 21.1 Å². The third-order valence-electron chi connectivity index (χ3n) is 2.75. The van der Waals surface area contributed by atoms with E-state index in [-0.39, 0.29) is 13.1 Å². The van der Waals surface area contributed by atoms with Crippen LogP contribution in [-0.4, -0.2) is 44.0 Å². The molecule has 176 valence electrons. The Bertz CT molecular complexity index is 508. The van der Waals surface area contributed by atoms with E-state index in [1.807, 2.05) is 71.9 Å². The van der Waals surface area contributed by atoms with E-state index in [2.05, 4.69) is 29.2 Å². The van der Waals surface area contributed by atoms with Gasteiger partial charge in [-0.3, -0.25) is 14.4 Å². The molecule has 1 aromatic rings. The molecule has 30 heavy (non-hydrogen) atoms. The summed E-state index contributed by atoms with van der Waals surface area (Å²) in [5.41, 5.74) is 6.12. The zero-order valence-corrected chi connectivity index (χ0v) is 20.5. The van der Waals surface area contributed by atoms with E-state index in [0.717, 1.165) is 5.56 Å². The van der Waals surface area contributed by atoms with Crippen LogP contribution in [0, 0.1) is 0 Å². The molecule has 0 radical (unpaired) electrons. The van der Waals surface area contributed by atoms with E-state index in [1.165, 1.54) is 13.5 Å². The van der Waals surface area contributed by atoms with Crippen molar-refractivity contribution in [3.05, 3.63) is 35.9 Å². The van der Waals surface area contributed by atoms with Gasteiger partial charge in [-0.1, -0.05) is 92.1 Å². The van der Waals surface area contributed by atoms with Crippen molar-refractivity contribution < 1.29 is 19.1 Å². The van der Waals surface area contributed by atoms with E-state index < -0.39 is 23.8 Å². The van der Waals surface area contributed by atoms with E-state index >= 15 is 0 Å². The molecule has 2 amide bonds. The van der Waals surface area contributed by atoms with Crippen LogP contribution in [0.2, 0.25) is 0 Å². The summed E-state index contributed by atoms with van der Waals surface area (Å²) >= 11 is 0. The highest BCUT2D eigenvalue weighted by molar-refractivity contribution is 5.90. The summed E-state index contributed by atoms with van der Waals surface area (Å²) in [5, 5.41) is 4.94. The van der Waals surface area contributed by atoms with Gasteiger partial charge in [-0.15, -0.1) is 0 Å². The van der Waals surface area contributed by atoms with Crippen LogP contribution in [0.25, 0.3) is 0 Å². The summed E-state index contributed by atoms with van der Waals surface area (Å²) < 4.78 is 4.44. The van der Waals surface area contributed by atoms with Gasteiger partial charge in [0, 0.05) is 6.42 Å². The first-order valence-corrected chi connectivity index (χ1v) is 10.9. The molecule has 0 aliphatic carbocycles. The molecule has 0 aliphatic rings. The third-order valence-corrected chi connectivity index (χ3v) is 2.75. The van der Waals surface area contributed by atoms with Gasteiger partial charge in [0.25, 0.3) is 0 Å². The Hall–Kier alpha value is -2.41. The zero-order valence-electron chi connectivity index (χ0n) is 20.5. The Labute approximate surface area is 184 Å². The lowest BCUT2D eigenvalue weighted by Crippen LogP contribution is -2.50. The number of carbonyl (C=O) groups is 3. The van der Waals surface area contributed by atoms with E-state index in [0.29, 0.717) is 6.42 Å². The summed E-state index contributed by atoms with van der Waals surface area (Å²) in [6.45, 7) is 15.8. The zero-order chi connectivity index (χ0) is 24.4. The standard InChI is InChI=1S/C14H19N3O4.C3H8.3C2H6/c1-21-13(19)9-16-14(20)11(17-12(18)8-15)7-10-5-3-2-4-6-10;1-3-2;3*1-2/h2-6,11H,7-9,15H2,1H3,(H,16,20)(H,17,18);3H2,1-2H3;3*1-2H3/t11-;;;;/m0..../s1. The maximum absolute atomic E-state index is 12.0. The fourth-order valence-electron chi connectivity index (χ4n) is 1.67. The van der Waals surface area contributed by atoms with Crippen LogP contribution in [0.5, 0.6) is 0 Å². The number of benzene rings is 1. The lowest BCUT2D eigenvalue weighted by Gasteiger charge is -2.18. The molecule has 0 saturated heterocycles. The monoisotopic (exact) mass is 427 g/mol. The van der Waals surface area contributed by atoms with Crippen LogP contribution >= 0.6 is 0 Å². The number of methoxy groups -OCH3 is 1. The maximum Gasteiger partial charge on any atom is 0.325 e. The fourth-order valence-corrected chi connectivity index (χ4v) is 1.67. The molecule has 1 aromatic carbocycles. The lowest BCUT2D eigenvalue weighted by atomic mass is 10.1. The Kier molecular flexibility index (Phi) is 33.6. The Morgan fingerprint density at radius 3 is 1.83 bits per heavy atom. The first kappa shape index (κ1) is 35.1. The fraction of sp³-hybridized carbons (Fsp3) is 0.609. The predicted molar refractivity (Wildman–Crippen MR) is 126 cm³/mol. The highest BCUT2D eigenvalue weighted by atomic mass is 16.5. The second-order valence-electron chi connectivity index (χ2n) is 5.01. The molecule has 0 bridgehead atoms. The van der Waals surface area contributed by atoms with Gasteiger partial charge in [0.1, 0.15) is 12.6 Å². The highest BCUT2D eigenvalue weighted by Crippen LogP contribution is 2.03. The molecule has 0 aromatic heterocycles. The molecule has 0 aliphatic heterocycles. The largest absolute Gasteiger partial charge is 0.468 e. The normalized spacial score (nSPS) is 9.13. The van der Waals surface area contributed by atoms with Crippen LogP contribution in [0.3, 0.4) is 0 Å². The summed E-state index contributed by atoms with van der Waals surface area (Å²) in [4.78, 5) is 34.5. The molecule has 1 atom stereocenters. The molecule has 0 fully saturated rings. The second-order valence-corrected chi connectivity index (χ2v) is 5.01. The SMILES string of the molecule is CC.CC.CC.CCC.COC(=O)CNC(=O)[C@H](Cc1ccccc1)NC(=O)CN. The number of rotatable bonds is 7. The molecule has 1 rings (SSSR count). The minimum atomic E-state index is -0.798. The van der Waals surface area contributed by atoms with Gasteiger partial charge in [0.15, 0.2) is 0 Å². The minimum Gasteiger partial charge on any atom is -0.468 e. The molecule has 0 spiro atoms. The van der Waals surface area contributed by atoms with Crippen molar-refractivity contribution in [2.45, 2.75) is 74.3 Å². The van der Waals surface area contributed by atoms with Gasteiger partial charge in [0.2, 0.25) is 11.8 Å². The van der Waals surface area contributed by atoms with E-state index in [4.69, 9.17) is 5.73 Å². The second kappa shape index (κ2) is 28.8. The Morgan fingerprint density at radius 2 is 1.43 bits per heavy atom. The van der Waals surface area contributed by atoms with Crippen LogP contribution in [0.1, 0.15) is 67.4 Å². The van der Waals surface area contributed by atoms with Crippen LogP contribution in [-0.2, 0) is 25.5 Å². The molecule has 7 nitrogen and oxygen atoms in total. The van der Waals surface area contributed by atoms with Crippen molar-refractivity contribution in [2.75, 3.05) is 20.2 Å². The number of hydrogen-bond acceptors (Lipinski definition) is 5. The van der Waals surface area contributed by atoms with Crippen molar-refractivity contribution in [1.82, 2.24) is 10.6 Å². The van der Waals surface area contributed by atoms with Crippen LogP contribution < -0.4 is 16.4 Å². The minimum absolute atomic E-state index is 0.213. The predicted octanol–water partition coefficient (Wildman–Crippen LogP) is 3.46. The van der Waals surface area contributed by atoms with E-state index in [9.17, 15) is 14.4 Å². The maximum atomic E-state index is 12.0. The molecule has 0 saturated carbocycles. The summed E-state index contributed by atoms with van der Waals surface area (Å²) in [7, 11) is 1.23. The van der Waals surface area contributed by atoms with Crippen molar-refractivity contribution in [3.8, 4) is 0 Å². The first-order chi connectivity index (χ1) is 14.5. The number of hydrogen-bond donors (Lipinski definition) is 3. The molecule has 4 N–H and O–H groups in total. The third kappa shape index (κ3) is 21.9. The number of esters is 1. The summed E-state index contributed by atoms with van der Waals surface area (Å²) in [5.74, 6) is -1.47. The number of carbonyl (C=O) groups excluding carboxylic acids is 3. The van der Waals surface area contributed by atoms with Crippen molar-refractivity contribution >= 4 is 17.8 Å². The average Bonchev–Trinajstić information content (AvgIpc) is 2.81. The van der Waals surface area contributed by atoms with Crippen molar-refractivity contribution in [2.24, 2.45) is 5.73 Å². The number of ether oxygens (including phenoxy) is 1. The van der Waals surface area contributed by atoms with Crippen LogP contribution in [0.15, 0.2) is 30.3 Å². The number of amides is 2. The number of nitrogens with two attached hydrogens (primary N) is 1. The highest BCUT2D eigenvalue weighted by Gasteiger charge is 2.21. The van der Waals surface area contributed by atoms with Gasteiger partial charge in [-0.05, 0) is 5.56 Å². The van der Waals surface area contributed by atoms with Crippen molar-refractivity contribution in [3.63, 3.8) is 0 Å². The van der Waals surface area contributed by atoms with E-state index in [1.54, 1.807) is 0 Å². The first-order valence-electron chi connectivity index (χ1n) is 10.9. The van der Waals surface area contributed by atoms with Gasteiger partial charge in [-0.25, -0.2) is 0 Å². The average molecular weight is 428 g/mol. The molecular weight excluding hydrogens is 382 g/mol. The number of nitrogens with one attached hydrogen (secondary N) is 2. The Morgan fingerprint density at radius 1 is 0.967 bits per heavy atom. The summed E-state index contributed by atoms with van der Waals surface area (Å²) in [6, 6.07) is 8.42. The quantitative estimate of drug-likeness (QED) is 0.577. The lowest BCUT2D eigenvalue weighted by molar-refractivity contribution is -0.141. The smallest absolute Gasteiger partial charge is 0.325 e. The summed E-state index contributed by atoms with van der Waals surface area (Å²) in [6.07, 6.45) is 1.56. The molecule has 0 unspecified atom stereocenters. The molecule has 0 heterocycles. The van der Waals surface area contributed by atoms with Crippen molar-refractivity contribution in [1.29, 1.82) is 0 Å². The van der Waals surface area contributed by atoms with Gasteiger partial charge >= 0.3 is 5.97 Å².